The molecule has 20 heavy (non-hydrogen) atoms. The molecule has 0 saturated carbocycles. The predicted molar refractivity (Wildman–Crippen MR) is 79.7 cm³/mol. The highest BCUT2D eigenvalue weighted by molar-refractivity contribution is 5.78. The molecular weight excluding hydrogens is 250 g/mol. The second kappa shape index (κ2) is 5.94. The Hall–Kier alpha value is -1.39. The van der Waals surface area contributed by atoms with Crippen molar-refractivity contribution in [1.29, 1.82) is 0 Å². The summed E-state index contributed by atoms with van der Waals surface area (Å²) in [6, 6.07) is 9.32. The van der Waals surface area contributed by atoms with Crippen LogP contribution in [0.15, 0.2) is 24.3 Å². The lowest BCUT2D eigenvalue weighted by Crippen LogP contribution is -2.50. The molecule has 0 atom stereocenters. The van der Waals surface area contributed by atoms with Crippen molar-refractivity contribution in [2.45, 2.75) is 18.9 Å². The Morgan fingerprint density at radius 3 is 2.65 bits per heavy atom. The zero-order valence-corrected chi connectivity index (χ0v) is 12.1. The standard InChI is InChI=1S/C16H23N3O/c1-18(8-9-19-7-6-17-12-16(19)20)15-10-13-4-2-3-5-14(13)11-15/h2-5,15,17H,6-12H2,1H3. The topological polar surface area (TPSA) is 35.6 Å². The summed E-state index contributed by atoms with van der Waals surface area (Å²) in [7, 11) is 2.18. The fourth-order valence-corrected chi connectivity index (χ4v) is 3.19. The van der Waals surface area contributed by atoms with Gasteiger partial charge in [-0.3, -0.25) is 4.79 Å². The second-order valence-electron chi connectivity index (χ2n) is 5.87. The van der Waals surface area contributed by atoms with Crippen LogP contribution in [0.25, 0.3) is 0 Å². The number of fused-ring (bicyclic) bond motifs is 1. The van der Waals surface area contributed by atoms with Gasteiger partial charge in [0.2, 0.25) is 5.91 Å². The van der Waals surface area contributed by atoms with Crippen molar-refractivity contribution in [2.24, 2.45) is 0 Å². The lowest BCUT2D eigenvalue weighted by molar-refractivity contribution is -0.132. The van der Waals surface area contributed by atoms with Gasteiger partial charge in [-0.25, -0.2) is 0 Å². The number of amides is 1. The highest BCUT2D eigenvalue weighted by Crippen LogP contribution is 2.24. The van der Waals surface area contributed by atoms with Gasteiger partial charge in [0.05, 0.1) is 6.54 Å². The van der Waals surface area contributed by atoms with Gasteiger partial charge in [-0.05, 0) is 31.0 Å². The van der Waals surface area contributed by atoms with Gasteiger partial charge < -0.3 is 15.1 Å². The van der Waals surface area contributed by atoms with Crippen LogP contribution < -0.4 is 5.32 Å². The zero-order valence-electron chi connectivity index (χ0n) is 12.1. The number of hydrogen-bond donors (Lipinski definition) is 1. The molecule has 0 bridgehead atoms. The molecule has 1 N–H and O–H groups in total. The molecule has 4 heteroatoms. The Morgan fingerprint density at radius 2 is 2.00 bits per heavy atom. The summed E-state index contributed by atoms with van der Waals surface area (Å²) in [6.45, 7) is 4.08. The zero-order chi connectivity index (χ0) is 13.9. The summed E-state index contributed by atoms with van der Waals surface area (Å²) in [5.41, 5.74) is 2.98. The van der Waals surface area contributed by atoms with E-state index >= 15 is 0 Å². The number of benzene rings is 1. The van der Waals surface area contributed by atoms with Crippen LogP contribution in [-0.2, 0) is 17.6 Å². The molecule has 1 aromatic rings. The van der Waals surface area contributed by atoms with Gasteiger partial charge in [-0.1, -0.05) is 24.3 Å². The lowest BCUT2D eigenvalue weighted by atomic mass is 10.1. The average molecular weight is 273 g/mol. The third-order valence-electron chi connectivity index (χ3n) is 4.56. The SMILES string of the molecule is CN(CCN1CCNCC1=O)C1Cc2ccccc2C1. The minimum absolute atomic E-state index is 0.236. The van der Waals surface area contributed by atoms with Crippen LogP contribution in [0.5, 0.6) is 0 Å². The van der Waals surface area contributed by atoms with E-state index in [1.165, 1.54) is 11.1 Å². The number of hydrogen-bond acceptors (Lipinski definition) is 3. The molecule has 1 aliphatic carbocycles. The van der Waals surface area contributed by atoms with E-state index in [1.54, 1.807) is 0 Å². The fraction of sp³-hybridized carbons (Fsp3) is 0.562. The molecule has 1 aromatic carbocycles. The Bertz CT molecular complexity index is 463. The summed E-state index contributed by atoms with van der Waals surface area (Å²) in [6.07, 6.45) is 2.28. The summed E-state index contributed by atoms with van der Waals surface area (Å²) >= 11 is 0. The summed E-state index contributed by atoms with van der Waals surface area (Å²) < 4.78 is 0. The van der Waals surface area contributed by atoms with E-state index in [1.807, 2.05) is 4.90 Å². The molecule has 4 nitrogen and oxygen atoms in total. The van der Waals surface area contributed by atoms with Gasteiger partial charge >= 0.3 is 0 Å². The van der Waals surface area contributed by atoms with Crippen molar-refractivity contribution in [3.63, 3.8) is 0 Å². The summed E-state index contributed by atoms with van der Waals surface area (Å²) in [5.74, 6) is 0.236. The molecule has 0 unspecified atom stereocenters. The van der Waals surface area contributed by atoms with Crippen LogP contribution in [-0.4, -0.2) is 61.5 Å². The van der Waals surface area contributed by atoms with Crippen molar-refractivity contribution < 1.29 is 4.79 Å². The van der Waals surface area contributed by atoms with E-state index in [0.717, 1.165) is 39.0 Å². The summed E-state index contributed by atoms with van der Waals surface area (Å²) in [5, 5.41) is 3.11. The van der Waals surface area contributed by atoms with Crippen molar-refractivity contribution in [1.82, 2.24) is 15.1 Å². The molecule has 0 aromatic heterocycles. The third kappa shape index (κ3) is 2.86. The monoisotopic (exact) mass is 273 g/mol. The normalized spacial score (nSPS) is 19.7. The largest absolute Gasteiger partial charge is 0.339 e. The second-order valence-corrected chi connectivity index (χ2v) is 5.87. The van der Waals surface area contributed by atoms with Crippen LogP contribution in [0.4, 0.5) is 0 Å². The highest BCUT2D eigenvalue weighted by atomic mass is 16.2. The molecule has 1 aliphatic heterocycles. The van der Waals surface area contributed by atoms with Gasteiger partial charge in [0.15, 0.2) is 0 Å². The Kier molecular flexibility index (Phi) is 4.03. The first kappa shape index (κ1) is 13.6. The average Bonchev–Trinajstić information content (AvgIpc) is 2.90. The maximum atomic E-state index is 11.8. The van der Waals surface area contributed by atoms with Crippen LogP contribution in [0, 0.1) is 0 Å². The number of nitrogens with one attached hydrogen (secondary N) is 1. The first-order valence-corrected chi connectivity index (χ1v) is 7.49. The van der Waals surface area contributed by atoms with E-state index in [-0.39, 0.29) is 5.91 Å². The molecule has 1 heterocycles. The van der Waals surface area contributed by atoms with Gasteiger partial charge in [-0.2, -0.15) is 0 Å². The Morgan fingerprint density at radius 1 is 1.30 bits per heavy atom. The minimum atomic E-state index is 0.236. The number of piperazine rings is 1. The molecule has 2 aliphatic rings. The fourth-order valence-electron chi connectivity index (χ4n) is 3.19. The van der Waals surface area contributed by atoms with Gasteiger partial charge in [0, 0.05) is 32.2 Å². The minimum Gasteiger partial charge on any atom is -0.339 e. The van der Waals surface area contributed by atoms with E-state index < -0.39 is 0 Å². The third-order valence-corrected chi connectivity index (χ3v) is 4.56. The number of rotatable bonds is 4. The Balaban J connectivity index is 1.51. The molecular formula is C16H23N3O. The Labute approximate surface area is 120 Å². The molecule has 0 spiro atoms. The van der Waals surface area contributed by atoms with E-state index in [2.05, 4.69) is 41.5 Å². The van der Waals surface area contributed by atoms with Crippen LogP contribution in [0.2, 0.25) is 0 Å². The molecule has 3 rings (SSSR count). The molecule has 1 fully saturated rings. The van der Waals surface area contributed by atoms with Crippen molar-refractivity contribution in [3.8, 4) is 0 Å². The van der Waals surface area contributed by atoms with Crippen molar-refractivity contribution in [2.75, 3.05) is 39.8 Å². The first-order valence-electron chi connectivity index (χ1n) is 7.49. The van der Waals surface area contributed by atoms with E-state index in [9.17, 15) is 4.79 Å². The molecule has 1 saturated heterocycles. The van der Waals surface area contributed by atoms with Crippen LogP contribution in [0.1, 0.15) is 11.1 Å². The van der Waals surface area contributed by atoms with Crippen LogP contribution in [0.3, 0.4) is 0 Å². The number of nitrogens with zero attached hydrogens (tertiary/aromatic N) is 2. The quantitative estimate of drug-likeness (QED) is 0.868. The first-order chi connectivity index (χ1) is 9.74. The van der Waals surface area contributed by atoms with Crippen molar-refractivity contribution >= 4 is 5.91 Å². The van der Waals surface area contributed by atoms with Gasteiger partial charge in [0.25, 0.3) is 0 Å². The summed E-state index contributed by atoms with van der Waals surface area (Å²) in [4.78, 5) is 16.1. The number of likely N-dealkylation sites (N-methyl/N-ethyl adjacent to an activating group) is 1. The van der Waals surface area contributed by atoms with E-state index in [0.29, 0.717) is 12.6 Å². The molecule has 1 amide bonds. The lowest BCUT2D eigenvalue weighted by Gasteiger charge is -2.31. The van der Waals surface area contributed by atoms with Crippen molar-refractivity contribution in [3.05, 3.63) is 35.4 Å². The maximum Gasteiger partial charge on any atom is 0.236 e. The predicted octanol–water partition coefficient (Wildman–Crippen LogP) is 0.517. The maximum absolute atomic E-state index is 11.8. The van der Waals surface area contributed by atoms with Gasteiger partial charge in [0.1, 0.15) is 0 Å². The molecule has 108 valence electrons. The van der Waals surface area contributed by atoms with Crippen LogP contribution >= 0.6 is 0 Å². The van der Waals surface area contributed by atoms with E-state index in [4.69, 9.17) is 0 Å². The smallest absolute Gasteiger partial charge is 0.236 e. The molecule has 0 radical (unpaired) electrons. The van der Waals surface area contributed by atoms with Gasteiger partial charge in [-0.15, -0.1) is 0 Å². The highest BCUT2D eigenvalue weighted by Gasteiger charge is 2.25. The number of carbonyl (C=O) groups is 1. The number of carbonyl (C=O) groups excluding carboxylic acids is 1.